The monoisotopic (exact) mass is 274 g/mol. The SMILES string of the molecule is CC(NC(=O)C(C)(C)c1ccc(N)cc1)c1nn[nH]n1. The van der Waals surface area contributed by atoms with Crippen LogP contribution in [0.15, 0.2) is 24.3 Å². The number of nitrogens with one attached hydrogen (secondary N) is 2. The average Bonchev–Trinajstić information content (AvgIpc) is 2.93. The normalized spacial score (nSPS) is 12.9. The van der Waals surface area contributed by atoms with E-state index in [1.54, 1.807) is 12.1 Å². The Morgan fingerprint density at radius 1 is 1.35 bits per heavy atom. The Bertz CT molecular complexity index is 575. The summed E-state index contributed by atoms with van der Waals surface area (Å²) in [7, 11) is 0. The summed E-state index contributed by atoms with van der Waals surface area (Å²) in [6.45, 7) is 5.52. The van der Waals surface area contributed by atoms with Crippen molar-refractivity contribution in [2.75, 3.05) is 5.73 Å². The largest absolute Gasteiger partial charge is 0.399 e. The Balaban J connectivity index is 2.13. The Morgan fingerprint density at radius 3 is 2.55 bits per heavy atom. The van der Waals surface area contributed by atoms with Gasteiger partial charge in [-0.05, 0) is 38.5 Å². The molecule has 4 N–H and O–H groups in total. The number of nitrogen functional groups attached to an aromatic ring is 1. The number of carbonyl (C=O) groups excluding carboxylic acids is 1. The molecule has 0 radical (unpaired) electrons. The van der Waals surface area contributed by atoms with Crippen LogP contribution in [-0.2, 0) is 10.2 Å². The van der Waals surface area contributed by atoms with Crippen molar-refractivity contribution in [1.29, 1.82) is 0 Å². The van der Waals surface area contributed by atoms with Crippen LogP contribution in [0.1, 0.15) is 38.2 Å². The van der Waals surface area contributed by atoms with Gasteiger partial charge in [-0.3, -0.25) is 4.79 Å². The van der Waals surface area contributed by atoms with E-state index in [-0.39, 0.29) is 11.9 Å². The molecule has 0 aliphatic carbocycles. The highest BCUT2D eigenvalue weighted by molar-refractivity contribution is 5.87. The fourth-order valence-corrected chi connectivity index (χ4v) is 1.83. The minimum absolute atomic E-state index is 0.112. The number of hydrogen-bond donors (Lipinski definition) is 3. The molecule has 1 atom stereocenters. The molecule has 0 aliphatic heterocycles. The first-order valence-corrected chi connectivity index (χ1v) is 6.31. The molecule has 1 unspecified atom stereocenters. The number of aromatic amines is 1. The van der Waals surface area contributed by atoms with Gasteiger partial charge in [0.1, 0.15) is 0 Å². The minimum Gasteiger partial charge on any atom is -0.399 e. The number of anilines is 1. The molecule has 1 amide bonds. The van der Waals surface area contributed by atoms with E-state index >= 15 is 0 Å². The maximum atomic E-state index is 12.4. The molecule has 20 heavy (non-hydrogen) atoms. The summed E-state index contributed by atoms with van der Waals surface area (Å²) in [4.78, 5) is 12.4. The van der Waals surface area contributed by atoms with Crippen molar-refractivity contribution in [2.24, 2.45) is 0 Å². The van der Waals surface area contributed by atoms with Gasteiger partial charge < -0.3 is 11.1 Å². The van der Waals surface area contributed by atoms with Crippen molar-refractivity contribution in [3.05, 3.63) is 35.7 Å². The smallest absolute Gasteiger partial charge is 0.230 e. The summed E-state index contributed by atoms with van der Waals surface area (Å²) in [6, 6.07) is 6.97. The summed E-state index contributed by atoms with van der Waals surface area (Å²) >= 11 is 0. The number of tetrazole rings is 1. The molecule has 0 saturated carbocycles. The summed E-state index contributed by atoms with van der Waals surface area (Å²) in [5.41, 5.74) is 6.55. The lowest BCUT2D eigenvalue weighted by atomic mass is 9.83. The average molecular weight is 274 g/mol. The maximum absolute atomic E-state index is 12.4. The van der Waals surface area contributed by atoms with Crippen molar-refractivity contribution >= 4 is 11.6 Å². The zero-order chi connectivity index (χ0) is 14.8. The quantitative estimate of drug-likeness (QED) is 0.719. The van der Waals surface area contributed by atoms with Crippen molar-refractivity contribution < 1.29 is 4.79 Å². The fraction of sp³-hybridized carbons (Fsp3) is 0.385. The second-order valence-electron chi connectivity index (χ2n) is 5.21. The fourth-order valence-electron chi connectivity index (χ4n) is 1.83. The predicted molar refractivity (Wildman–Crippen MR) is 74.6 cm³/mol. The lowest BCUT2D eigenvalue weighted by Crippen LogP contribution is -2.41. The standard InChI is InChI=1S/C13H18N6O/c1-8(11-16-18-19-17-11)15-12(20)13(2,3)9-4-6-10(14)7-5-9/h4-8H,14H2,1-3H3,(H,15,20)(H,16,17,18,19). The van der Waals surface area contributed by atoms with Gasteiger partial charge in [-0.1, -0.05) is 17.3 Å². The Hall–Kier alpha value is -2.44. The number of nitrogens with two attached hydrogens (primary N) is 1. The van der Waals surface area contributed by atoms with Crippen LogP contribution in [0.5, 0.6) is 0 Å². The first kappa shape index (κ1) is 14.0. The third-order valence-electron chi connectivity index (χ3n) is 3.30. The van der Waals surface area contributed by atoms with Gasteiger partial charge in [0.15, 0.2) is 5.82 Å². The molecule has 0 spiro atoms. The van der Waals surface area contributed by atoms with Gasteiger partial charge in [-0.25, -0.2) is 0 Å². The van der Waals surface area contributed by atoms with E-state index in [2.05, 4.69) is 25.9 Å². The summed E-state index contributed by atoms with van der Waals surface area (Å²) in [5.74, 6) is 0.339. The van der Waals surface area contributed by atoms with E-state index in [9.17, 15) is 4.79 Å². The molecular weight excluding hydrogens is 256 g/mol. The van der Waals surface area contributed by atoms with Crippen LogP contribution < -0.4 is 11.1 Å². The van der Waals surface area contributed by atoms with Crippen LogP contribution in [0.4, 0.5) is 5.69 Å². The zero-order valence-electron chi connectivity index (χ0n) is 11.7. The third kappa shape index (κ3) is 2.76. The van der Waals surface area contributed by atoms with Gasteiger partial charge in [0.2, 0.25) is 5.91 Å². The highest BCUT2D eigenvalue weighted by Gasteiger charge is 2.31. The Morgan fingerprint density at radius 2 is 2.00 bits per heavy atom. The van der Waals surface area contributed by atoms with Gasteiger partial charge in [0.05, 0.1) is 11.5 Å². The molecule has 7 heteroatoms. The number of amides is 1. The molecule has 1 aromatic heterocycles. The molecule has 2 rings (SSSR count). The molecule has 1 aromatic carbocycles. The second kappa shape index (κ2) is 5.28. The van der Waals surface area contributed by atoms with Gasteiger partial charge in [0, 0.05) is 5.69 Å². The number of carbonyl (C=O) groups is 1. The summed E-state index contributed by atoms with van der Waals surface area (Å²) < 4.78 is 0. The number of hydrogen-bond acceptors (Lipinski definition) is 5. The van der Waals surface area contributed by atoms with Gasteiger partial charge >= 0.3 is 0 Å². The van der Waals surface area contributed by atoms with Crippen molar-refractivity contribution in [3.63, 3.8) is 0 Å². The summed E-state index contributed by atoms with van der Waals surface area (Å²) in [5, 5.41) is 16.4. The van der Waals surface area contributed by atoms with Crippen LogP contribution in [0.2, 0.25) is 0 Å². The van der Waals surface area contributed by atoms with E-state index in [4.69, 9.17) is 5.73 Å². The summed E-state index contributed by atoms with van der Waals surface area (Å²) in [6.07, 6.45) is 0. The molecule has 2 aromatic rings. The van der Waals surface area contributed by atoms with Crippen LogP contribution >= 0.6 is 0 Å². The molecular formula is C13H18N6O. The minimum atomic E-state index is -0.675. The Labute approximate surface area is 117 Å². The number of benzene rings is 1. The van der Waals surface area contributed by atoms with Gasteiger partial charge in [-0.2, -0.15) is 5.21 Å². The lowest BCUT2D eigenvalue weighted by molar-refractivity contribution is -0.126. The predicted octanol–water partition coefficient (Wildman–Crippen LogP) is 0.937. The Kier molecular flexibility index (Phi) is 3.69. The molecule has 0 fully saturated rings. The number of rotatable bonds is 4. The van der Waals surface area contributed by atoms with Gasteiger partial charge in [-0.15, -0.1) is 10.2 Å². The zero-order valence-corrected chi connectivity index (χ0v) is 11.7. The molecule has 1 heterocycles. The van der Waals surface area contributed by atoms with Crippen LogP contribution in [-0.4, -0.2) is 26.5 Å². The van der Waals surface area contributed by atoms with E-state index in [1.807, 2.05) is 32.9 Å². The first-order chi connectivity index (χ1) is 9.41. The van der Waals surface area contributed by atoms with Gasteiger partial charge in [0.25, 0.3) is 0 Å². The van der Waals surface area contributed by atoms with Crippen molar-refractivity contribution in [2.45, 2.75) is 32.2 Å². The lowest BCUT2D eigenvalue weighted by Gasteiger charge is -2.25. The molecule has 106 valence electrons. The molecule has 0 bridgehead atoms. The third-order valence-corrected chi connectivity index (χ3v) is 3.30. The van der Waals surface area contributed by atoms with Crippen LogP contribution in [0.3, 0.4) is 0 Å². The van der Waals surface area contributed by atoms with Crippen LogP contribution in [0.25, 0.3) is 0 Å². The highest BCUT2D eigenvalue weighted by Crippen LogP contribution is 2.25. The highest BCUT2D eigenvalue weighted by atomic mass is 16.2. The first-order valence-electron chi connectivity index (χ1n) is 6.31. The van der Waals surface area contributed by atoms with E-state index in [0.717, 1.165) is 5.56 Å². The van der Waals surface area contributed by atoms with E-state index in [1.165, 1.54) is 0 Å². The maximum Gasteiger partial charge on any atom is 0.230 e. The number of aromatic nitrogens is 4. The van der Waals surface area contributed by atoms with Crippen molar-refractivity contribution in [1.82, 2.24) is 25.9 Å². The topological polar surface area (TPSA) is 110 Å². The number of nitrogens with zero attached hydrogens (tertiary/aromatic N) is 3. The van der Waals surface area contributed by atoms with Crippen LogP contribution in [0, 0.1) is 0 Å². The molecule has 0 saturated heterocycles. The van der Waals surface area contributed by atoms with E-state index in [0.29, 0.717) is 11.5 Å². The van der Waals surface area contributed by atoms with E-state index < -0.39 is 5.41 Å². The second-order valence-corrected chi connectivity index (χ2v) is 5.21. The van der Waals surface area contributed by atoms with Crippen molar-refractivity contribution in [3.8, 4) is 0 Å². The molecule has 7 nitrogen and oxygen atoms in total. The molecule has 0 aliphatic rings. The number of H-pyrrole nitrogens is 1.